The zero-order chi connectivity index (χ0) is 11.2. The second kappa shape index (κ2) is 5.64. The lowest BCUT2D eigenvalue weighted by Crippen LogP contribution is -2.21. The van der Waals surface area contributed by atoms with Crippen LogP contribution in [-0.4, -0.2) is 24.7 Å². The van der Waals surface area contributed by atoms with Gasteiger partial charge in [-0.05, 0) is 11.1 Å². The van der Waals surface area contributed by atoms with E-state index in [4.69, 9.17) is 0 Å². The van der Waals surface area contributed by atoms with E-state index in [0.29, 0.717) is 0 Å². The molecule has 0 saturated carbocycles. The van der Waals surface area contributed by atoms with Gasteiger partial charge in [-0.3, -0.25) is 4.90 Å². The molecule has 2 nitrogen and oxygen atoms in total. The first kappa shape index (κ1) is 11.1. The lowest BCUT2D eigenvalue weighted by Gasteiger charge is -2.13. The molecule has 0 radical (unpaired) electrons. The largest absolute Gasteiger partial charge is 0.303 e. The Balaban J connectivity index is 1.95. The zero-order valence-electron chi connectivity index (χ0n) is 9.52. The Morgan fingerprint density at radius 1 is 1.31 bits per heavy atom. The summed E-state index contributed by atoms with van der Waals surface area (Å²) in [5.41, 5.74) is 2.60. The summed E-state index contributed by atoms with van der Waals surface area (Å²) < 4.78 is 0. The third-order valence-corrected chi connectivity index (χ3v) is 2.75. The maximum Gasteiger partial charge on any atom is 0.0484 e. The maximum absolute atomic E-state index is 3.66. The molecule has 1 saturated heterocycles. The molecule has 0 bridgehead atoms. The molecule has 84 valence electrons. The summed E-state index contributed by atoms with van der Waals surface area (Å²) in [6, 6.07) is 8.69. The Morgan fingerprint density at radius 2 is 2.12 bits per heavy atom. The monoisotopic (exact) mass is 214 g/mol. The van der Waals surface area contributed by atoms with E-state index < -0.39 is 0 Å². The van der Waals surface area contributed by atoms with Gasteiger partial charge in [-0.1, -0.05) is 49.1 Å². The molecular weight excluding hydrogens is 196 g/mol. The third-order valence-electron chi connectivity index (χ3n) is 2.75. The molecule has 0 unspecified atom stereocenters. The summed E-state index contributed by atoms with van der Waals surface area (Å²) in [5, 5.41) is 3.34. The second-order valence-corrected chi connectivity index (χ2v) is 4.05. The molecule has 0 spiro atoms. The van der Waals surface area contributed by atoms with Crippen molar-refractivity contribution in [1.82, 2.24) is 10.2 Å². The van der Waals surface area contributed by atoms with Gasteiger partial charge in [0.15, 0.2) is 0 Å². The number of rotatable bonds is 4. The molecule has 0 atom stereocenters. The van der Waals surface area contributed by atoms with Crippen LogP contribution in [0.2, 0.25) is 0 Å². The highest BCUT2D eigenvalue weighted by molar-refractivity contribution is 5.51. The molecule has 0 amide bonds. The molecule has 16 heavy (non-hydrogen) atoms. The van der Waals surface area contributed by atoms with Crippen LogP contribution in [0.15, 0.2) is 43.0 Å². The summed E-state index contributed by atoms with van der Waals surface area (Å²) in [4.78, 5) is 2.41. The van der Waals surface area contributed by atoms with Crippen LogP contribution >= 0.6 is 0 Å². The molecular formula is C14H18N2. The fraction of sp³-hybridized carbons (Fsp3) is 0.286. The molecule has 2 rings (SSSR count). The van der Waals surface area contributed by atoms with Gasteiger partial charge < -0.3 is 5.32 Å². The topological polar surface area (TPSA) is 15.3 Å². The van der Waals surface area contributed by atoms with Gasteiger partial charge in [0.1, 0.15) is 0 Å². The average molecular weight is 214 g/mol. The lowest BCUT2D eigenvalue weighted by atomic mass is 10.1. The number of allylic oxidation sites excluding steroid dienone is 2. The SMILES string of the molecule is C=C/C=C/c1ccc(CN2CCNC2)cc1. The van der Waals surface area contributed by atoms with E-state index in [2.05, 4.69) is 47.1 Å². The molecule has 0 aliphatic carbocycles. The van der Waals surface area contributed by atoms with Crippen LogP contribution in [0.1, 0.15) is 11.1 Å². The highest BCUT2D eigenvalue weighted by Crippen LogP contribution is 2.09. The first-order valence-corrected chi connectivity index (χ1v) is 5.69. The minimum atomic E-state index is 1.01. The molecule has 2 heteroatoms. The number of nitrogens with zero attached hydrogens (tertiary/aromatic N) is 1. The van der Waals surface area contributed by atoms with Crippen LogP contribution in [-0.2, 0) is 6.54 Å². The first-order valence-electron chi connectivity index (χ1n) is 5.69. The maximum atomic E-state index is 3.66. The van der Waals surface area contributed by atoms with Crippen LogP contribution in [0.3, 0.4) is 0 Å². The molecule has 1 aromatic rings. The number of hydrogen-bond donors (Lipinski definition) is 1. The minimum absolute atomic E-state index is 1.01. The van der Waals surface area contributed by atoms with Crippen LogP contribution < -0.4 is 5.32 Å². The number of hydrogen-bond acceptors (Lipinski definition) is 2. The Kier molecular flexibility index (Phi) is 3.91. The highest BCUT2D eigenvalue weighted by Gasteiger charge is 2.10. The van der Waals surface area contributed by atoms with Crippen LogP contribution in [0.5, 0.6) is 0 Å². The van der Waals surface area contributed by atoms with E-state index in [1.807, 2.05) is 6.08 Å². The van der Waals surface area contributed by atoms with Gasteiger partial charge in [-0.25, -0.2) is 0 Å². The number of benzene rings is 1. The zero-order valence-corrected chi connectivity index (χ0v) is 9.52. The summed E-state index contributed by atoms with van der Waals surface area (Å²) in [7, 11) is 0. The Hall–Kier alpha value is -1.38. The lowest BCUT2D eigenvalue weighted by molar-refractivity contribution is 0.327. The van der Waals surface area contributed by atoms with E-state index in [1.165, 1.54) is 11.1 Å². The predicted octanol–water partition coefficient (Wildman–Crippen LogP) is 2.25. The Bertz CT molecular complexity index is 359. The molecule has 1 aliphatic heterocycles. The van der Waals surface area contributed by atoms with Crippen molar-refractivity contribution >= 4 is 6.08 Å². The quantitative estimate of drug-likeness (QED) is 0.773. The molecule has 1 fully saturated rings. The molecule has 1 aromatic carbocycles. The van der Waals surface area contributed by atoms with E-state index in [9.17, 15) is 0 Å². The minimum Gasteiger partial charge on any atom is -0.303 e. The molecule has 1 heterocycles. The van der Waals surface area contributed by atoms with Gasteiger partial charge in [0.2, 0.25) is 0 Å². The van der Waals surface area contributed by atoms with Crippen LogP contribution in [0, 0.1) is 0 Å². The summed E-state index contributed by atoms with van der Waals surface area (Å²) >= 11 is 0. The molecule has 0 aromatic heterocycles. The average Bonchev–Trinajstić information content (AvgIpc) is 2.81. The number of nitrogens with one attached hydrogen (secondary N) is 1. The Labute approximate surface area is 97.3 Å². The Morgan fingerprint density at radius 3 is 2.75 bits per heavy atom. The van der Waals surface area contributed by atoms with E-state index in [-0.39, 0.29) is 0 Å². The van der Waals surface area contributed by atoms with Gasteiger partial charge in [-0.15, -0.1) is 0 Å². The van der Waals surface area contributed by atoms with E-state index >= 15 is 0 Å². The van der Waals surface area contributed by atoms with Gasteiger partial charge in [-0.2, -0.15) is 0 Å². The smallest absolute Gasteiger partial charge is 0.0484 e. The highest BCUT2D eigenvalue weighted by atomic mass is 15.3. The van der Waals surface area contributed by atoms with Crippen molar-refractivity contribution in [3.8, 4) is 0 Å². The fourth-order valence-electron chi connectivity index (χ4n) is 1.86. The fourth-order valence-corrected chi connectivity index (χ4v) is 1.86. The predicted molar refractivity (Wildman–Crippen MR) is 69.0 cm³/mol. The molecule has 1 aliphatic rings. The van der Waals surface area contributed by atoms with Crippen molar-refractivity contribution in [2.24, 2.45) is 0 Å². The van der Waals surface area contributed by atoms with E-state index in [0.717, 1.165) is 26.3 Å². The summed E-state index contributed by atoms with van der Waals surface area (Å²) in [5.74, 6) is 0. The van der Waals surface area contributed by atoms with Crippen LogP contribution in [0.4, 0.5) is 0 Å². The van der Waals surface area contributed by atoms with Crippen molar-refractivity contribution in [3.05, 3.63) is 54.1 Å². The van der Waals surface area contributed by atoms with Gasteiger partial charge in [0.05, 0.1) is 0 Å². The second-order valence-electron chi connectivity index (χ2n) is 4.05. The normalized spacial score (nSPS) is 17.0. The van der Waals surface area contributed by atoms with Gasteiger partial charge >= 0.3 is 0 Å². The first-order chi connectivity index (χ1) is 7.88. The van der Waals surface area contributed by atoms with Crippen molar-refractivity contribution in [2.75, 3.05) is 19.8 Å². The standard InChI is InChI=1S/C14H18N2/c1-2-3-4-13-5-7-14(8-6-13)11-16-10-9-15-12-16/h2-8,15H,1,9-12H2/b4-3+. The third kappa shape index (κ3) is 3.05. The van der Waals surface area contributed by atoms with Crippen molar-refractivity contribution < 1.29 is 0 Å². The van der Waals surface area contributed by atoms with Gasteiger partial charge in [0.25, 0.3) is 0 Å². The van der Waals surface area contributed by atoms with Crippen LogP contribution in [0.25, 0.3) is 6.08 Å². The van der Waals surface area contributed by atoms with Crippen molar-refractivity contribution in [3.63, 3.8) is 0 Å². The van der Waals surface area contributed by atoms with Gasteiger partial charge in [0, 0.05) is 26.3 Å². The molecule has 1 N–H and O–H groups in total. The van der Waals surface area contributed by atoms with E-state index in [1.54, 1.807) is 6.08 Å². The summed E-state index contributed by atoms with van der Waals surface area (Å²) in [6.07, 6.45) is 5.82. The summed E-state index contributed by atoms with van der Waals surface area (Å²) in [6.45, 7) is 7.98. The van der Waals surface area contributed by atoms with Crippen molar-refractivity contribution in [1.29, 1.82) is 0 Å². The van der Waals surface area contributed by atoms with Crippen molar-refractivity contribution in [2.45, 2.75) is 6.54 Å².